The standard InChI is InChI=1S/C33H53BN6O6/c1-22(2)19-28(34-45-27-21-24-20-26(32(24,3)4)33(27,5)46-34)38-30(42)25(16-12-18-36-31(35)39-40(43)44)37-29(41)17-11-7-10-15-23-13-8-6-9-14-23/h6,8-9,13-14,22,24-28H,7,10-12,15-21H2,1-5H3,(H,37,41)(H,38,42)(H3,35,36,39)/t24-,25-,26-,27+,28-,33-/m0/s1. The monoisotopic (exact) mass is 640 g/mol. The van der Waals surface area contributed by atoms with Crippen LogP contribution in [0, 0.1) is 38.7 Å². The van der Waals surface area contributed by atoms with Crippen LogP contribution in [-0.4, -0.2) is 60.2 Å². The molecule has 1 aromatic carbocycles. The van der Waals surface area contributed by atoms with Gasteiger partial charge < -0.3 is 25.3 Å². The molecule has 12 nitrogen and oxygen atoms in total. The first-order chi connectivity index (χ1) is 21.8. The van der Waals surface area contributed by atoms with E-state index in [-0.39, 0.29) is 41.7 Å². The maximum Gasteiger partial charge on any atom is 0.481 e. The van der Waals surface area contributed by atoms with Crippen LogP contribution in [0.4, 0.5) is 0 Å². The van der Waals surface area contributed by atoms with Crippen molar-refractivity contribution in [3.63, 3.8) is 0 Å². The minimum absolute atomic E-state index is 0.00704. The molecule has 46 heavy (non-hydrogen) atoms. The summed E-state index contributed by atoms with van der Waals surface area (Å²) in [5, 5.41) is 26.1. The molecule has 5 rings (SSSR count). The fourth-order valence-corrected chi connectivity index (χ4v) is 7.72. The first kappa shape index (κ1) is 35.7. The van der Waals surface area contributed by atoms with Crippen LogP contribution < -0.4 is 21.4 Å². The highest BCUT2D eigenvalue weighted by molar-refractivity contribution is 6.48. The van der Waals surface area contributed by atoms with Gasteiger partial charge in [0.1, 0.15) is 6.04 Å². The van der Waals surface area contributed by atoms with Gasteiger partial charge in [0.15, 0.2) is 5.03 Å². The Morgan fingerprint density at radius 2 is 1.83 bits per heavy atom. The summed E-state index contributed by atoms with van der Waals surface area (Å²) < 4.78 is 13.2. The highest BCUT2D eigenvalue weighted by Crippen LogP contribution is 2.65. The lowest BCUT2D eigenvalue weighted by Gasteiger charge is -2.64. The van der Waals surface area contributed by atoms with Crippen LogP contribution in [0.2, 0.25) is 0 Å². The van der Waals surface area contributed by atoms with Crippen molar-refractivity contribution in [2.75, 3.05) is 6.54 Å². The number of hydrazine groups is 1. The third-order valence-corrected chi connectivity index (χ3v) is 10.4. The van der Waals surface area contributed by atoms with Crippen molar-refractivity contribution in [3.05, 3.63) is 46.0 Å². The van der Waals surface area contributed by atoms with Crippen LogP contribution in [0.15, 0.2) is 30.3 Å². The molecule has 3 saturated carbocycles. The zero-order valence-electron chi connectivity index (χ0n) is 28.1. The maximum atomic E-state index is 13.8. The van der Waals surface area contributed by atoms with Crippen LogP contribution in [0.5, 0.6) is 0 Å². The fraction of sp³-hybridized carbons (Fsp3) is 0.727. The quantitative estimate of drug-likeness (QED) is 0.0423. The smallest absolute Gasteiger partial charge is 0.404 e. The lowest BCUT2D eigenvalue weighted by Crippen LogP contribution is -2.65. The molecule has 1 saturated heterocycles. The summed E-state index contributed by atoms with van der Waals surface area (Å²) in [6.45, 7) is 11.2. The van der Waals surface area contributed by atoms with Crippen molar-refractivity contribution >= 4 is 24.9 Å². The van der Waals surface area contributed by atoms with Gasteiger partial charge in [0, 0.05) is 13.0 Å². The third kappa shape index (κ3) is 8.99. The highest BCUT2D eigenvalue weighted by atomic mass is 16.7. The predicted octanol–water partition coefficient (Wildman–Crippen LogP) is 4.16. The lowest BCUT2D eigenvalue weighted by atomic mass is 9.43. The number of nitrogens with zero attached hydrogens (tertiary/aromatic N) is 1. The summed E-state index contributed by atoms with van der Waals surface area (Å²) in [5.41, 5.74) is 2.84. The van der Waals surface area contributed by atoms with Gasteiger partial charge in [0.25, 0.3) is 5.96 Å². The SMILES string of the molecule is CC(C)C[C@H](NC(=O)[C@H](CCCNC(=N)N[N+](=O)[O-])NC(=O)CCCCCc1ccccc1)B1O[C@@H]2C[C@@H]3C[C@@H](C3(C)C)[C@]2(C)O1. The Morgan fingerprint density at radius 3 is 2.50 bits per heavy atom. The number of guanidine groups is 1. The lowest BCUT2D eigenvalue weighted by molar-refractivity contribution is -0.525. The summed E-state index contributed by atoms with van der Waals surface area (Å²) in [5.74, 6) is -0.0310. The second kappa shape index (κ2) is 15.6. The Bertz CT molecular complexity index is 1220. The van der Waals surface area contributed by atoms with E-state index in [9.17, 15) is 19.7 Å². The van der Waals surface area contributed by atoms with E-state index < -0.39 is 29.8 Å². The summed E-state index contributed by atoms with van der Waals surface area (Å²) >= 11 is 0. The molecule has 1 aromatic rings. The van der Waals surface area contributed by atoms with Gasteiger partial charge in [-0.3, -0.25) is 15.0 Å². The first-order valence-electron chi connectivity index (χ1n) is 17.0. The number of nitro groups is 1. The maximum absolute atomic E-state index is 13.8. The molecule has 3 aliphatic carbocycles. The van der Waals surface area contributed by atoms with E-state index in [1.54, 1.807) is 5.43 Å². The number of carbonyl (C=O) groups is 2. The molecule has 1 heterocycles. The number of amides is 2. The van der Waals surface area contributed by atoms with Gasteiger partial charge in [-0.25, -0.2) is 10.1 Å². The number of rotatable bonds is 17. The molecule has 4 fully saturated rings. The number of aryl methyl sites for hydroxylation is 1. The molecule has 254 valence electrons. The average Bonchev–Trinajstić information content (AvgIpc) is 3.35. The number of nitrogens with one attached hydrogen (secondary N) is 5. The van der Waals surface area contributed by atoms with Gasteiger partial charge in [0.2, 0.25) is 11.8 Å². The van der Waals surface area contributed by atoms with E-state index in [1.165, 1.54) is 5.56 Å². The van der Waals surface area contributed by atoms with Gasteiger partial charge in [-0.1, -0.05) is 69.9 Å². The van der Waals surface area contributed by atoms with Crippen molar-refractivity contribution in [3.8, 4) is 0 Å². The zero-order chi connectivity index (χ0) is 33.5. The number of benzene rings is 1. The largest absolute Gasteiger partial charge is 0.481 e. The Hall–Kier alpha value is -3.19. The van der Waals surface area contributed by atoms with Crippen LogP contribution in [0.1, 0.15) is 98.0 Å². The van der Waals surface area contributed by atoms with Gasteiger partial charge in [-0.2, -0.15) is 0 Å². The molecule has 13 heteroatoms. The van der Waals surface area contributed by atoms with Gasteiger partial charge in [0.05, 0.1) is 17.6 Å². The average molecular weight is 641 g/mol. The predicted molar refractivity (Wildman–Crippen MR) is 177 cm³/mol. The molecule has 0 aromatic heterocycles. The third-order valence-electron chi connectivity index (χ3n) is 10.4. The second-order valence-electron chi connectivity index (χ2n) is 14.6. The number of hydrogen-bond acceptors (Lipinski definition) is 7. The zero-order valence-corrected chi connectivity index (χ0v) is 28.1. The van der Waals surface area contributed by atoms with Crippen LogP contribution >= 0.6 is 0 Å². The molecule has 0 radical (unpaired) electrons. The van der Waals surface area contributed by atoms with Gasteiger partial charge in [-0.15, -0.1) is 0 Å². The van der Waals surface area contributed by atoms with Gasteiger partial charge in [-0.05, 0) is 87.0 Å². The molecule has 0 unspecified atom stereocenters. The summed E-state index contributed by atoms with van der Waals surface area (Å²) in [6, 6.07) is 9.45. The van der Waals surface area contributed by atoms with Crippen molar-refractivity contribution < 1.29 is 23.9 Å². The summed E-state index contributed by atoms with van der Waals surface area (Å²) in [4.78, 5) is 37.4. The Balaban J connectivity index is 1.35. The Labute approximate surface area is 273 Å². The minimum atomic E-state index is -0.811. The highest BCUT2D eigenvalue weighted by Gasteiger charge is 2.68. The number of carbonyl (C=O) groups excluding carboxylic acids is 2. The molecule has 5 N–H and O–H groups in total. The van der Waals surface area contributed by atoms with Crippen LogP contribution in [0.3, 0.4) is 0 Å². The summed E-state index contributed by atoms with van der Waals surface area (Å²) in [7, 11) is -0.576. The topological polar surface area (TPSA) is 168 Å². The van der Waals surface area contributed by atoms with E-state index in [0.29, 0.717) is 37.5 Å². The van der Waals surface area contributed by atoms with Crippen molar-refractivity contribution in [1.29, 1.82) is 5.41 Å². The van der Waals surface area contributed by atoms with Crippen molar-refractivity contribution in [2.45, 2.75) is 123 Å². The molecule has 6 atom stereocenters. The Kier molecular flexibility index (Phi) is 12.1. The first-order valence-corrected chi connectivity index (χ1v) is 17.0. The van der Waals surface area contributed by atoms with E-state index in [0.717, 1.165) is 38.5 Å². The molecule has 0 spiro atoms. The van der Waals surface area contributed by atoms with Crippen LogP contribution in [0.25, 0.3) is 0 Å². The van der Waals surface area contributed by atoms with E-state index in [4.69, 9.17) is 14.7 Å². The Morgan fingerprint density at radius 1 is 1.09 bits per heavy atom. The molecular formula is C33H53BN6O6. The fourth-order valence-electron chi connectivity index (χ4n) is 7.72. The molecular weight excluding hydrogens is 587 g/mol. The number of unbranched alkanes of at least 4 members (excludes halogenated alkanes) is 2. The number of hydrogen-bond donors (Lipinski definition) is 5. The van der Waals surface area contributed by atoms with Crippen LogP contribution in [-0.2, 0) is 25.3 Å². The van der Waals surface area contributed by atoms with Crippen molar-refractivity contribution in [2.24, 2.45) is 23.2 Å². The van der Waals surface area contributed by atoms with E-state index in [1.807, 2.05) is 18.2 Å². The van der Waals surface area contributed by atoms with Gasteiger partial charge >= 0.3 is 7.12 Å². The second-order valence-corrected chi connectivity index (χ2v) is 14.6. The molecule has 2 amide bonds. The van der Waals surface area contributed by atoms with Crippen molar-refractivity contribution in [1.82, 2.24) is 21.4 Å². The molecule has 2 bridgehead atoms. The summed E-state index contributed by atoms with van der Waals surface area (Å²) in [6.07, 6.45) is 7.32. The van der Waals surface area contributed by atoms with E-state index >= 15 is 0 Å². The molecule has 4 aliphatic rings. The minimum Gasteiger partial charge on any atom is -0.404 e. The normalized spacial score (nSPS) is 25.5. The molecule has 1 aliphatic heterocycles. The van der Waals surface area contributed by atoms with E-state index in [2.05, 4.69) is 62.7 Å².